The third kappa shape index (κ3) is 1.34. The van der Waals surface area contributed by atoms with Crippen molar-refractivity contribution in [3.8, 4) is 0 Å². The van der Waals surface area contributed by atoms with Crippen LogP contribution in [0.2, 0.25) is 0 Å². The first kappa shape index (κ1) is 10.2. The number of hydrogen-bond donors (Lipinski definition) is 1. The third-order valence-corrected chi connectivity index (χ3v) is 4.72. The van der Waals surface area contributed by atoms with Gasteiger partial charge < -0.3 is 5.32 Å². The van der Waals surface area contributed by atoms with Gasteiger partial charge in [-0.2, -0.15) is 0 Å². The first-order valence-corrected chi connectivity index (χ1v) is 6.13. The molecule has 0 radical (unpaired) electrons. The van der Waals surface area contributed by atoms with E-state index in [-0.39, 0.29) is 4.90 Å². The number of nitrogens with one attached hydrogen (secondary N) is 1. The Hall–Kier alpha value is -1.36. The van der Waals surface area contributed by atoms with Crippen LogP contribution in [0.1, 0.15) is 12.5 Å². The van der Waals surface area contributed by atoms with Gasteiger partial charge in [0.1, 0.15) is 5.25 Å². The molecular weight excluding hydrogens is 214 g/mol. The minimum atomic E-state index is -3.50. The molecule has 0 bridgehead atoms. The highest BCUT2D eigenvalue weighted by atomic mass is 32.2. The number of amides is 1. The number of benzene rings is 1. The summed E-state index contributed by atoms with van der Waals surface area (Å²) in [7, 11) is -3.50. The van der Waals surface area contributed by atoms with E-state index < -0.39 is 21.0 Å². The van der Waals surface area contributed by atoms with E-state index in [0.717, 1.165) is 5.56 Å². The summed E-state index contributed by atoms with van der Waals surface area (Å²) in [6.07, 6.45) is 0. The lowest BCUT2D eigenvalue weighted by Crippen LogP contribution is -2.37. The Kier molecular flexibility index (Phi) is 2.08. The zero-order valence-electron chi connectivity index (χ0n) is 8.44. The molecule has 1 N–H and O–H groups in total. The number of para-hydroxylation sites is 1. The van der Waals surface area contributed by atoms with E-state index in [1.165, 1.54) is 13.0 Å². The van der Waals surface area contributed by atoms with Crippen LogP contribution in [-0.4, -0.2) is 19.6 Å². The van der Waals surface area contributed by atoms with E-state index in [1.54, 1.807) is 19.1 Å². The average molecular weight is 225 g/mol. The maximum atomic E-state index is 11.9. The molecule has 1 atom stereocenters. The van der Waals surface area contributed by atoms with Gasteiger partial charge >= 0.3 is 0 Å². The molecule has 1 aromatic carbocycles. The van der Waals surface area contributed by atoms with Gasteiger partial charge in [-0.3, -0.25) is 4.79 Å². The Morgan fingerprint density at radius 2 is 2.00 bits per heavy atom. The Morgan fingerprint density at radius 1 is 1.33 bits per heavy atom. The molecule has 1 aliphatic rings. The summed E-state index contributed by atoms with van der Waals surface area (Å²) in [5.74, 6) is -0.461. The Bertz CT molecular complexity index is 534. The fraction of sp³-hybridized carbons (Fsp3) is 0.300. The molecule has 80 valence electrons. The number of carbonyl (C=O) groups is 1. The first-order chi connectivity index (χ1) is 6.94. The summed E-state index contributed by atoms with van der Waals surface area (Å²) in [6, 6.07) is 4.97. The van der Waals surface area contributed by atoms with Gasteiger partial charge in [0.15, 0.2) is 9.84 Å². The second kappa shape index (κ2) is 3.06. The smallest absolute Gasteiger partial charge is 0.242 e. The van der Waals surface area contributed by atoms with Gasteiger partial charge in [-0.15, -0.1) is 0 Å². The van der Waals surface area contributed by atoms with Crippen LogP contribution < -0.4 is 5.32 Å². The lowest BCUT2D eigenvalue weighted by Gasteiger charge is -2.23. The van der Waals surface area contributed by atoms with Crippen LogP contribution in [0.15, 0.2) is 23.1 Å². The van der Waals surface area contributed by atoms with E-state index >= 15 is 0 Å². The van der Waals surface area contributed by atoms with Crippen molar-refractivity contribution < 1.29 is 13.2 Å². The SMILES string of the molecule is Cc1cccc2c1NC(=O)C(C)S2(=O)=O. The van der Waals surface area contributed by atoms with Crippen LogP contribution in [0.4, 0.5) is 5.69 Å². The normalized spacial score (nSPS) is 23.1. The number of anilines is 1. The lowest BCUT2D eigenvalue weighted by molar-refractivity contribution is -0.115. The zero-order valence-corrected chi connectivity index (χ0v) is 9.26. The van der Waals surface area contributed by atoms with Crippen molar-refractivity contribution >= 4 is 21.4 Å². The van der Waals surface area contributed by atoms with Gasteiger partial charge in [0.05, 0.1) is 10.6 Å². The zero-order chi connectivity index (χ0) is 11.2. The Morgan fingerprint density at radius 3 is 2.67 bits per heavy atom. The van der Waals surface area contributed by atoms with Crippen molar-refractivity contribution in [3.05, 3.63) is 23.8 Å². The standard InChI is InChI=1S/C10H11NO3S/c1-6-4-3-5-8-9(6)11-10(12)7(2)15(8,13)14/h3-5,7H,1-2H3,(H,11,12). The quantitative estimate of drug-likeness (QED) is 0.719. The maximum absolute atomic E-state index is 11.9. The van der Waals surface area contributed by atoms with Gasteiger partial charge in [-0.05, 0) is 25.5 Å². The number of aryl methyl sites for hydroxylation is 1. The van der Waals surface area contributed by atoms with Gasteiger partial charge in [-0.1, -0.05) is 12.1 Å². The predicted octanol–water partition coefficient (Wildman–Crippen LogP) is 1.11. The molecule has 1 heterocycles. The average Bonchev–Trinajstić information content (AvgIpc) is 2.17. The first-order valence-electron chi connectivity index (χ1n) is 4.59. The molecule has 1 aliphatic heterocycles. The second-order valence-corrected chi connectivity index (χ2v) is 5.86. The number of carbonyl (C=O) groups excluding carboxylic acids is 1. The van der Waals surface area contributed by atoms with E-state index in [1.807, 2.05) is 0 Å². The number of rotatable bonds is 0. The molecule has 15 heavy (non-hydrogen) atoms. The highest BCUT2D eigenvalue weighted by molar-refractivity contribution is 7.93. The highest BCUT2D eigenvalue weighted by Crippen LogP contribution is 2.32. The van der Waals surface area contributed by atoms with Crippen molar-refractivity contribution in [3.63, 3.8) is 0 Å². The maximum Gasteiger partial charge on any atom is 0.242 e. The van der Waals surface area contributed by atoms with E-state index in [0.29, 0.717) is 5.69 Å². The van der Waals surface area contributed by atoms with Crippen molar-refractivity contribution in [1.82, 2.24) is 0 Å². The van der Waals surface area contributed by atoms with Gasteiger partial charge in [0.25, 0.3) is 0 Å². The van der Waals surface area contributed by atoms with Crippen molar-refractivity contribution in [2.45, 2.75) is 24.0 Å². The van der Waals surface area contributed by atoms with Crippen LogP contribution in [-0.2, 0) is 14.6 Å². The molecule has 1 unspecified atom stereocenters. The predicted molar refractivity (Wildman–Crippen MR) is 56.5 cm³/mol. The van der Waals surface area contributed by atoms with E-state index in [2.05, 4.69) is 5.32 Å². The molecular formula is C10H11NO3S. The molecule has 0 aliphatic carbocycles. The monoisotopic (exact) mass is 225 g/mol. The van der Waals surface area contributed by atoms with Gasteiger partial charge in [0, 0.05) is 0 Å². The Labute approximate surface area is 88.2 Å². The van der Waals surface area contributed by atoms with Crippen molar-refractivity contribution in [1.29, 1.82) is 0 Å². The summed E-state index contributed by atoms with van der Waals surface area (Å²) in [5.41, 5.74) is 1.18. The molecule has 0 saturated heterocycles. The van der Waals surface area contributed by atoms with Crippen LogP contribution in [0.5, 0.6) is 0 Å². The lowest BCUT2D eigenvalue weighted by atomic mass is 10.2. The molecule has 0 spiro atoms. The van der Waals surface area contributed by atoms with Crippen molar-refractivity contribution in [2.75, 3.05) is 5.32 Å². The molecule has 5 heteroatoms. The minimum Gasteiger partial charge on any atom is -0.324 e. The minimum absolute atomic E-state index is 0.217. The Balaban J connectivity index is 2.78. The summed E-state index contributed by atoms with van der Waals surface area (Å²) in [6.45, 7) is 3.17. The van der Waals surface area contributed by atoms with E-state index in [9.17, 15) is 13.2 Å². The molecule has 0 aromatic heterocycles. The number of fused-ring (bicyclic) bond motifs is 1. The third-order valence-electron chi connectivity index (χ3n) is 2.62. The summed E-state index contributed by atoms with van der Waals surface area (Å²) in [4.78, 5) is 11.7. The number of hydrogen-bond acceptors (Lipinski definition) is 3. The highest BCUT2D eigenvalue weighted by Gasteiger charge is 2.37. The van der Waals surface area contributed by atoms with E-state index in [4.69, 9.17) is 0 Å². The van der Waals surface area contributed by atoms with Crippen molar-refractivity contribution in [2.24, 2.45) is 0 Å². The summed E-state index contributed by atoms with van der Waals surface area (Å²) >= 11 is 0. The van der Waals surface area contributed by atoms with Crippen LogP contribution in [0.3, 0.4) is 0 Å². The van der Waals surface area contributed by atoms with Crippen LogP contribution in [0.25, 0.3) is 0 Å². The molecule has 0 fully saturated rings. The summed E-state index contributed by atoms with van der Waals surface area (Å²) in [5, 5.41) is 1.61. The fourth-order valence-corrected chi connectivity index (χ4v) is 3.08. The molecule has 0 saturated carbocycles. The topological polar surface area (TPSA) is 63.2 Å². The fourth-order valence-electron chi connectivity index (χ4n) is 1.59. The molecule has 4 nitrogen and oxygen atoms in total. The largest absolute Gasteiger partial charge is 0.324 e. The molecule has 1 aromatic rings. The van der Waals surface area contributed by atoms with Crippen LogP contribution >= 0.6 is 0 Å². The molecule has 1 amide bonds. The van der Waals surface area contributed by atoms with Gasteiger partial charge in [-0.25, -0.2) is 8.42 Å². The number of sulfone groups is 1. The summed E-state index contributed by atoms with van der Waals surface area (Å²) < 4.78 is 23.8. The second-order valence-electron chi connectivity index (χ2n) is 3.62. The molecule has 2 rings (SSSR count). The van der Waals surface area contributed by atoms with Gasteiger partial charge in [0.2, 0.25) is 5.91 Å². The van der Waals surface area contributed by atoms with Crippen LogP contribution in [0, 0.1) is 6.92 Å².